The molecule has 1 aromatic carbocycles. The quantitative estimate of drug-likeness (QED) is 0.608. The van der Waals surface area contributed by atoms with Gasteiger partial charge in [0.25, 0.3) is 0 Å². The lowest BCUT2D eigenvalue weighted by Gasteiger charge is -2.34. The van der Waals surface area contributed by atoms with E-state index in [1.165, 1.54) is 0 Å². The summed E-state index contributed by atoms with van der Waals surface area (Å²) >= 11 is 6.10. The molecule has 0 amide bonds. The zero-order valence-corrected chi connectivity index (χ0v) is 16.7. The summed E-state index contributed by atoms with van der Waals surface area (Å²) < 4.78 is 7.30. The SMILES string of the molecule is COCC(C)(C)C(c1ccc2c(c1)nnn2C)c1ccc(C)c(CCl)n1. The first-order valence-electron chi connectivity index (χ1n) is 8.68. The fourth-order valence-corrected chi connectivity index (χ4v) is 3.87. The Bertz CT molecular complexity index is 919. The number of aromatic nitrogens is 4. The highest BCUT2D eigenvalue weighted by Gasteiger charge is 2.34. The first-order chi connectivity index (χ1) is 12.4. The summed E-state index contributed by atoms with van der Waals surface area (Å²) in [4.78, 5) is 4.87. The van der Waals surface area contributed by atoms with Crippen molar-refractivity contribution in [2.45, 2.75) is 32.6 Å². The molecule has 3 aromatic rings. The summed E-state index contributed by atoms with van der Waals surface area (Å²) in [6.45, 7) is 7.05. The molecule has 0 aliphatic carbocycles. The van der Waals surface area contributed by atoms with Crippen LogP contribution < -0.4 is 0 Å². The third kappa shape index (κ3) is 3.46. The third-order valence-corrected chi connectivity index (χ3v) is 5.16. The van der Waals surface area contributed by atoms with Crippen LogP contribution in [0.5, 0.6) is 0 Å². The van der Waals surface area contributed by atoms with Gasteiger partial charge < -0.3 is 4.74 Å². The Hall–Kier alpha value is -1.98. The molecule has 6 heteroatoms. The van der Waals surface area contributed by atoms with Crippen molar-refractivity contribution in [3.8, 4) is 0 Å². The predicted octanol–water partition coefficient (Wildman–Crippen LogP) is 4.22. The third-order valence-electron chi connectivity index (χ3n) is 4.91. The van der Waals surface area contributed by atoms with Crippen molar-refractivity contribution in [1.29, 1.82) is 0 Å². The van der Waals surface area contributed by atoms with Gasteiger partial charge in [-0.3, -0.25) is 4.98 Å². The largest absolute Gasteiger partial charge is 0.384 e. The maximum atomic E-state index is 6.10. The number of aryl methyl sites for hydroxylation is 2. The Morgan fingerprint density at radius 2 is 2.00 bits per heavy atom. The van der Waals surface area contributed by atoms with Gasteiger partial charge in [-0.15, -0.1) is 16.7 Å². The molecule has 0 aliphatic rings. The lowest BCUT2D eigenvalue weighted by molar-refractivity contribution is 0.0921. The van der Waals surface area contributed by atoms with Crippen molar-refractivity contribution < 1.29 is 4.74 Å². The molecule has 2 heterocycles. The van der Waals surface area contributed by atoms with E-state index in [0.717, 1.165) is 33.5 Å². The van der Waals surface area contributed by atoms with Crippen molar-refractivity contribution in [1.82, 2.24) is 20.0 Å². The number of hydrogen-bond donors (Lipinski definition) is 0. The molecule has 0 spiro atoms. The van der Waals surface area contributed by atoms with Crippen LogP contribution >= 0.6 is 11.6 Å². The number of methoxy groups -OCH3 is 1. The van der Waals surface area contributed by atoms with Crippen LogP contribution in [-0.4, -0.2) is 33.7 Å². The van der Waals surface area contributed by atoms with Gasteiger partial charge >= 0.3 is 0 Å². The van der Waals surface area contributed by atoms with E-state index in [9.17, 15) is 0 Å². The first-order valence-corrected chi connectivity index (χ1v) is 9.21. The monoisotopic (exact) mass is 372 g/mol. The van der Waals surface area contributed by atoms with E-state index in [0.29, 0.717) is 12.5 Å². The number of ether oxygens (including phenoxy) is 1. The van der Waals surface area contributed by atoms with Crippen LogP contribution in [0.4, 0.5) is 0 Å². The Morgan fingerprint density at radius 3 is 2.69 bits per heavy atom. The van der Waals surface area contributed by atoms with Crippen LogP contribution in [0, 0.1) is 12.3 Å². The predicted molar refractivity (Wildman–Crippen MR) is 105 cm³/mol. The van der Waals surface area contributed by atoms with Crippen molar-refractivity contribution in [2.24, 2.45) is 12.5 Å². The minimum atomic E-state index is -0.156. The van der Waals surface area contributed by atoms with E-state index in [4.69, 9.17) is 21.3 Å². The van der Waals surface area contributed by atoms with Crippen LogP contribution in [0.1, 0.15) is 42.3 Å². The van der Waals surface area contributed by atoms with Gasteiger partial charge in [0.1, 0.15) is 5.52 Å². The van der Waals surface area contributed by atoms with Gasteiger partial charge in [0.2, 0.25) is 0 Å². The number of benzene rings is 1. The van der Waals surface area contributed by atoms with Crippen molar-refractivity contribution in [3.63, 3.8) is 0 Å². The number of halogens is 1. The number of pyridine rings is 1. The summed E-state index contributed by atoms with van der Waals surface area (Å²) in [5, 5.41) is 8.39. The second kappa shape index (κ2) is 7.33. The number of nitrogens with zero attached hydrogens (tertiary/aromatic N) is 4. The van der Waals surface area contributed by atoms with Crippen LogP contribution in [-0.2, 0) is 17.7 Å². The van der Waals surface area contributed by atoms with E-state index < -0.39 is 0 Å². The minimum Gasteiger partial charge on any atom is -0.384 e. The maximum absolute atomic E-state index is 6.10. The van der Waals surface area contributed by atoms with Crippen molar-refractivity contribution in [3.05, 3.63) is 52.8 Å². The molecule has 1 atom stereocenters. The van der Waals surface area contributed by atoms with E-state index in [-0.39, 0.29) is 11.3 Å². The molecule has 0 bridgehead atoms. The van der Waals surface area contributed by atoms with E-state index in [1.54, 1.807) is 11.8 Å². The second-order valence-corrected chi connectivity index (χ2v) is 7.72. The molecule has 138 valence electrons. The molecular formula is C20H25ClN4O. The summed E-state index contributed by atoms with van der Waals surface area (Å²) in [5.41, 5.74) is 5.91. The average Bonchev–Trinajstić information content (AvgIpc) is 2.97. The lowest BCUT2D eigenvalue weighted by Crippen LogP contribution is -2.29. The van der Waals surface area contributed by atoms with Crippen LogP contribution in [0.2, 0.25) is 0 Å². The molecule has 0 aliphatic heterocycles. The summed E-state index contributed by atoms with van der Waals surface area (Å²) in [6.07, 6.45) is 0. The van der Waals surface area contributed by atoms with Crippen LogP contribution in [0.3, 0.4) is 0 Å². The number of fused-ring (bicyclic) bond motifs is 1. The molecule has 2 aromatic heterocycles. The molecule has 0 fully saturated rings. The van der Waals surface area contributed by atoms with Gasteiger partial charge in [-0.25, -0.2) is 4.68 Å². The molecule has 0 N–H and O–H groups in total. The van der Waals surface area contributed by atoms with Crippen LogP contribution in [0.25, 0.3) is 11.0 Å². The first kappa shape index (κ1) is 18.8. The zero-order chi connectivity index (χ0) is 18.9. The van der Waals surface area contributed by atoms with Gasteiger partial charge in [0.05, 0.1) is 23.7 Å². The molecule has 0 saturated carbocycles. The molecule has 0 saturated heterocycles. The smallest absolute Gasteiger partial charge is 0.113 e. The van der Waals surface area contributed by atoms with Gasteiger partial charge in [0.15, 0.2) is 0 Å². The van der Waals surface area contributed by atoms with E-state index in [2.05, 4.69) is 54.5 Å². The Kier molecular flexibility index (Phi) is 5.30. The lowest BCUT2D eigenvalue weighted by atomic mass is 9.73. The van der Waals surface area contributed by atoms with Crippen molar-refractivity contribution >= 4 is 22.6 Å². The number of alkyl halides is 1. The van der Waals surface area contributed by atoms with Crippen LogP contribution in [0.15, 0.2) is 30.3 Å². The highest BCUT2D eigenvalue weighted by Crippen LogP contribution is 2.41. The highest BCUT2D eigenvalue weighted by atomic mass is 35.5. The fourth-order valence-electron chi connectivity index (χ4n) is 3.60. The van der Waals surface area contributed by atoms with Crippen molar-refractivity contribution in [2.75, 3.05) is 13.7 Å². The molecule has 5 nitrogen and oxygen atoms in total. The molecule has 3 rings (SSSR count). The van der Waals surface area contributed by atoms with Gasteiger partial charge in [-0.1, -0.05) is 31.2 Å². The zero-order valence-electron chi connectivity index (χ0n) is 16.0. The topological polar surface area (TPSA) is 52.8 Å². The van der Waals surface area contributed by atoms with Gasteiger partial charge in [-0.05, 0) is 36.2 Å². The average molecular weight is 373 g/mol. The Labute approximate surface area is 159 Å². The second-order valence-electron chi connectivity index (χ2n) is 7.45. The summed E-state index contributed by atoms with van der Waals surface area (Å²) in [6, 6.07) is 10.5. The summed E-state index contributed by atoms with van der Waals surface area (Å²) in [7, 11) is 3.63. The Balaban J connectivity index is 2.16. The minimum absolute atomic E-state index is 0.0522. The van der Waals surface area contributed by atoms with Gasteiger partial charge in [0, 0.05) is 31.2 Å². The Morgan fingerprint density at radius 1 is 1.23 bits per heavy atom. The maximum Gasteiger partial charge on any atom is 0.113 e. The number of rotatable bonds is 6. The van der Waals surface area contributed by atoms with E-state index in [1.807, 2.05) is 14.0 Å². The normalized spacial score (nSPS) is 13.3. The standard InChI is InChI=1S/C20H25ClN4O/c1-13-6-8-15(22-17(13)11-21)19(20(2,3)12-26-5)14-7-9-18-16(10-14)23-24-25(18)4/h6-10,19H,11-12H2,1-5H3. The van der Waals surface area contributed by atoms with E-state index >= 15 is 0 Å². The molecular weight excluding hydrogens is 348 g/mol. The fraction of sp³-hybridized carbons (Fsp3) is 0.450. The molecule has 0 radical (unpaired) electrons. The number of hydrogen-bond acceptors (Lipinski definition) is 4. The molecule has 1 unspecified atom stereocenters. The van der Waals surface area contributed by atoms with Gasteiger partial charge in [-0.2, -0.15) is 0 Å². The highest BCUT2D eigenvalue weighted by molar-refractivity contribution is 6.17. The summed E-state index contributed by atoms with van der Waals surface area (Å²) in [5.74, 6) is 0.455. The molecule has 26 heavy (non-hydrogen) atoms.